The van der Waals surface area contributed by atoms with Crippen molar-refractivity contribution in [3.8, 4) is 0 Å². The van der Waals surface area contributed by atoms with Gasteiger partial charge in [0.1, 0.15) is 0 Å². The summed E-state index contributed by atoms with van der Waals surface area (Å²) in [6, 6.07) is 0. The van der Waals surface area contributed by atoms with Crippen molar-refractivity contribution in [2.45, 2.75) is 46.1 Å². The molecule has 0 aliphatic carbocycles. The Morgan fingerprint density at radius 2 is 2.08 bits per heavy atom. The number of hydrogen-bond acceptors (Lipinski definition) is 3. The first-order valence-electron chi connectivity index (χ1n) is 4.67. The summed E-state index contributed by atoms with van der Waals surface area (Å²) in [6.07, 6.45) is 2.61. The lowest BCUT2D eigenvalue weighted by molar-refractivity contribution is 0.111. The summed E-state index contributed by atoms with van der Waals surface area (Å²) in [7, 11) is -3.79. The Bertz CT molecular complexity index is 172. The van der Waals surface area contributed by atoms with Crippen molar-refractivity contribution >= 4 is 7.82 Å². The average Bonchev–Trinajstić information content (AvgIpc) is 1.99. The van der Waals surface area contributed by atoms with Crippen LogP contribution in [0.25, 0.3) is 0 Å². The Hall–Kier alpha value is 0.110. The van der Waals surface area contributed by atoms with E-state index in [1.54, 1.807) is 13.8 Å². The average molecular weight is 210 g/mol. The zero-order valence-corrected chi connectivity index (χ0v) is 9.42. The summed E-state index contributed by atoms with van der Waals surface area (Å²) in [5.41, 5.74) is 0. The van der Waals surface area contributed by atoms with Crippen molar-refractivity contribution in [1.82, 2.24) is 0 Å². The number of phosphoric acid groups is 1. The fraction of sp³-hybridized carbons (Fsp3) is 1.00. The Morgan fingerprint density at radius 1 is 1.46 bits per heavy atom. The molecule has 0 aliphatic rings. The third kappa shape index (κ3) is 7.20. The molecule has 2 atom stereocenters. The molecule has 0 radical (unpaired) electrons. The highest BCUT2D eigenvalue weighted by atomic mass is 31.2. The molecule has 0 aliphatic heterocycles. The van der Waals surface area contributed by atoms with Gasteiger partial charge in [-0.1, -0.05) is 19.8 Å². The minimum Gasteiger partial charge on any atom is -0.302 e. The second-order valence-electron chi connectivity index (χ2n) is 2.94. The lowest BCUT2D eigenvalue weighted by atomic mass is 10.2. The predicted octanol–water partition coefficient (Wildman–Crippen LogP) is 2.72. The van der Waals surface area contributed by atoms with Crippen molar-refractivity contribution in [2.24, 2.45) is 0 Å². The monoisotopic (exact) mass is 210 g/mol. The molecule has 0 saturated carbocycles. The van der Waals surface area contributed by atoms with Crippen LogP contribution in [0.4, 0.5) is 0 Å². The molecule has 0 heterocycles. The van der Waals surface area contributed by atoms with Crippen LogP contribution in [0.5, 0.6) is 0 Å². The van der Waals surface area contributed by atoms with Gasteiger partial charge in [-0.05, 0) is 20.3 Å². The summed E-state index contributed by atoms with van der Waals surface area (Å²) in [4.78, 5) is 9.10. The Morgan fingerprint density at radius 3 is 2.54 bits per heavy atom. The van der Waals surface area contributed by atoms with E-state index in [0.29, 0.717) is 0 Å². The molecule has 0 spiro atoms. The van der Waals surface area contributed by atoms with Crippen LogP contribution in [0.2, 0.25) is 0 Å². The quantitative estimate of drug-likeness (QED) is 0.656. The highest BCUT2D eigenvalue weighted by molar-refractivity contribution is 7.47. The minimum atomic E-state index is -3.79. The van der Waals surface area contributed by atoms with Gasteiger partial charge in [-0.2, -0.15) is 0 Å². The molecular formula is C8H19O4P. The molecule has 0 aromatic carbocycles. The molecular weight excluding hydrogens is 191 g/mol. The molecule has 1 N–H and O–H groups in total. The Kier molecular flexibility index (Phi) is 6.60. The SMILES string of the molecule is CCCCC(C)OP(=O)(O)OCC. The smallest absolute Gasteiger partial charge is 0.302 e. The van der Waals surface area contributed by atoms with Gasteiger partial charge in [0.05, 0.1) is 12.7 Å². The van der Waals surface area contributed by atoms with Gasteiger partial charge in [-0.15, -0.1) is 0 Å². The van der Waals surface area contributed by atoms with E-state index in [1.165, 1.54) is 0 Å². The van der Waals surface area contributed by atoms with Gasteiger partial charge >= 0.3 is 7.82 Å². The molecule has 0 aromatic rings. The zero-order chi connectivity index (χ0) is 10.3. The van der Waals surface area contributed by atoms with Crippen LogP contribution in [0, 0.1) is 0 Å². The van der Waals surface area contributed by atoms with Gasteiger partial charge < -0.3 is 4.89 Å². The zero-order valence-electron chi connectivity index (χ0n) is 8.52. The summed E-state index contributed by atoms with van der Waals surface area (Å²) < 4.78 is 20.5. The Balaban J connectivity index is 3.75. The molecule has 5 heteroatoms. The van der Waals surface area contributed by atoms with Crippen molar-refractivity contribution in [1.29, 1.82) is 0 Å². The fourth-order valence-electron chi connectivity index (χ4n) is 0.965. The minimum absolute atomic E-state index is 0.189. The van der Waals surface area contributed by atoms with Gasteiger partial charge in [0.25, 0.3) is 0 Å². The first kappa shape index (κ1) is 13.1. The summed E-state index contributed by atoms with van der Waals surface area (Å²) in [5.74, 6) is 0. The van der Waals surface area contributed by atoms with Crippen LogP contribution in [0.3, 0.4) is 0 Å². The number of phosphoric ester groups is 1. The van der Waals surface area contributed by atoms with E-state index in [-0.39, 0.29) is 12.7 Å². The van der Waals surface area contributed by atoms with Gasteiger partial charge in [0.15, 0.2) is 0 Å². The van der Waals surface area contributed by atoms with Gasteiger partial charge in [0, 0.05) is 0 Å². The molecule has 80 valence electrons. The molecule has 0 rings (SSSR count). The largest absolute Gasteiger partial charge is 0.472 e. The normalized spacial score (nSPS) is 18.2. The topological polar surface area (TPSA) is 55.8 Å². The van der Waals surface area contributed by atoms with Crippen LogP contribution in [-0.4, -0.2) is 17.6 Å². The third-order valence-corrected chi connectivity index (χ3v) is 2.78. The molecule has 13 heavy (non-hydrogen) atoms. The molecule has 0 fully saturated rings. The maximum absolute atomic E-state index is 11.1. The molecule has 0 amide bonds. The molecule has 0 bridgehead atoms. The fourth-order valence-corrected chi connectivity index (χ4v) is 1.91. The van der Waals surface area contributed by atoms with Gasteiger partial charge in [0.2, 0.25) is 0 Å². The van der Waals surface area contributed by atoms with E-state index in [0.717, 1.165) is 19.3 Å². The molecule has 2 unspecified atom stereocenters. The highest BCUT2D eigenvalue weighted by Crippen LogP contribution is 2.44. The highest BCUT2D eigenvalue weighted by Gasteiger charge is 2.22. The second kappa shape index (κ2) is 6.55. The van der Waals surface area contributed by atoms with E-state index in [2.05, 4.69) is 11.4 Å². The van der Waals surface area contributed by atoms with Crippen LogP contribution < -0.4 is 0 Å². The van der Waals surface area contributed by atoms with Crippen molar-refractivity contribution < 1.29 is 18.5 Å². The lowest BCUT2D eigenvalue weighted by Crippen LogP contribution is -2.07. The summed E-state index contributed by atoms with van der Waals surface area (Å²) in [5, 5.41) is 0. The Labute approximate surface area is 79.9 Å². The van der Waals surface area contributed by atoms with E-state index in [4.69, 9.17) is 9.42 Å². The van der Waals surface area contributed by atoms with Crippen LogP contribution >= 0.6 is 7.82 Å². The number of unbranched alkanes of at least 4 members (excludes halogenated alkanes) is 1. The predicted molar refractivity (Wildman–Crippen MR) is 51.5 cm³/mol. The van der Waals surface area contributed by atoms with Crippen LogP contribution in [0.1, 0.15) is 40.0 Å². The molecule has 0 saturated heterocycles. The van der Waals surface area contributed by atoms with Gasteiger partial charge in [-0.3, -0.25) is 9.05 Å². The first-order chi connectivity index (χ1) is 6.02. The maximum atomic E-state index is 11.1. The van der Waals surface area contributed by atoms with Crippen molar-refractivity contribution in [3.05, 3.63) is 0 Å². The van der Waals surface area contributed by atoms with Crippen LogP contribution in [-0.2, 0) is 13.6 Å². The first-order valence-corrected chi connectivity index (χ1v) is 6.17. The van der Waals surface area contributed by atoms with E-state index >= 15 is 0 Å². The molecule has 4 nitrogen and oxygen atoms in total. The van der Waals surface area contributed by atoms with Crippen LogP contribution in [0.15, 0.2) is 0 Å². The number of rotatable bonds is 7. The van der Waals surface area contributed by atoms with E-state index in [9.17, 15) is 4.57 Å². The summed E-state index contributed by atoms with van der Waals surface area (Å²) in [6.45, 7) is 5.68. The summed E-state index contributed by atoms with van der Waals surface area (Å²) >= 11 is 0. The second-order valence-corrected chi connectivity index (χ2v) is 4.35. The van der Waals surface area contributed by atoms with E-state index in [1.807, 2.05) is 0 Å². The number of hydrogen-bond donors (Lipinski definition) is 1. The molecule has 0 aromatic heterocycles. The van der Waals surface area contributed by atoms with E-state index < -0.39 is 7.82 Å². The standard InChI is InChI=1S/C8H19O4P/c1-4-6-7-8(3)12-13(9,10)11-5-2/h8H,4-7H2,1-3H3,(H,9,10). The third-order valence-electron chi connectivity index (χ3n) is 1.57. The lowest BCUT2D eigenvalue weighted by Gasteiger charge is -2.16. The van der Waals surface area contributed by atoms with Gasteiger partial charge in [-0.25, -0.2) is 4.57 Å². The van der Waals surface area contributed by atoms with Crippen molar-refractivity contribution in [3.63, 3.8) is 0 Å². The maximum Gasteiger partial charge on any atom is 0.472 e. The van der Waals surface area contributed by atoms with Crippen molar-refractivity contribution in [2.75, 3.05) is 6.61 Å².